The molecule has 1 unspecified atom stereocenters. The lowest BCUT2D eigenvalue weighted by Gasteiger charge is -2.21. The van der Waals surface area contributed by atoms with Gasteiger partial charge in [-0.25, -0.2) is 4.79 Å². The molecule has 0 saturated carbocycles. The van der Waals surface area contributed by atoms with Gasteiger partial charge in [-0.15, -0.1) is 0 Å². The molecule has 11 heteroatoms. The number of aliphatic carboxylic acids is 2. The minimum atomic E-state index is -1.51. The molecule has 0 aliphatic rings. The Balaban J connectivity index is 2.22. The first-order valence-electron chi connectivity index (χ1n) is 9.31. The van der Waals surface area contributed by atoms with Crippen molar-refractivity contribution in [2.24, 2.45) is 0 Å². The standard InChI is InChI=1S/C21H20Cl2INO7/c1-10(2)13-8-12(3-4-17(13)26)32-20-14(22)5-11(6-15(20)23)7-18(27)25(24)16(21(30)31)9-19(28)29/h3-6,8,10,16,26H,7,9H2,1-2H3,(H,28,29)(H,30,31). The van der Waals surface area contributed by atoms with Crippen molar-refractivity contribution in [2.45, 2.75) is 38.6 Å². The van der Waals surface area contributed by atoms with E-state index in [-0.39, 0.29) is 33.9 Å². The van der Waals surface area contributed by atoms with Crippen LogP contribution in [0.1, 0.15) is 37.3 Å². The monoisotopic (exact) mass is 595 g/mol. The van der Waals surface area contributed by atoms with Crippen LogP contribution in [-0.4, -0.2) is 42.3 Å². The molecule has 32 heavy (non-hydrogen) atoms. The first kappa shape index (κ1) is 26.0. The molecule has 0 saturated heterocycles. The summed E-state index contributed by atoms with van der Waals surface area (Å²) < 4.78 is 6.63. The van der Waals surface area contributed by atoms with E-state index in [4.69, 9.17) is 33.0 Å². The van der Waals surface area contributed by atoms with Gasteiger partial charge in [0.05, 0.1) is 45.8 Å². The summed E-state index contributed by atoms with van der Waals surface area (Å²) in [6.07, 6.45) is -0.980. The molecule has 2 aromatic carbocycles. The van der Waals surface area contributed by atoms with Crippen molar-refractivity contribution in [1.82, 2.24) is 3.11 Å². The van der Waals surface area contributed by atoms with E-state index in [1.165, 1.54) is 41.1 Å². The molecule has 1 atom stereocenters. The van der Waals surface area contributed by atoms with Crippen LogP contribution in [0.4, 0.5) is 0 Å². The maximum absolute atomic E-state index is 12.5. The molecule has 0 heterocycles. The number of carbonyl (C=O) groups is 3. The van der Waals surface area contributed by atoms with Crippen LogP contribution < -0.4 is 4.74 Å². The number of rotatable bonds is 9. The van der Waals surface area contributed by atoms with Crippen LogP contribution in [0, 0.1) is 0 Å². The summed E-state index contributed by atoms with van der Waals surface area (Å²) in [5.74, 6) is -2.62. The van der Waals surface area contributed by atoms with Crippen LogP contribution in [0.25, 0.3) is 0 Å². The summed E-state index contributed by atoms with van der Waals surface area (Å²) >= 11 is 14.1. The molecule has 0 bridgehead atoms. The van der Waals surface area contributed by atoms with E-state index < -0.39 is 30.3 Å². The van der Waals surface area contributed by atoms with Crippen LogP contribution in [0.5, 0.6) is 17.2 Å². The van der Waals surface area contributed by atoms with E-state index in [1.807, 2.05) is 13.8 Å². The number of halogens is 3. The van der Waals surface area contributed by atoms with E-state index in [0.29, 0.717) is 16.9 Å². The van der Waals surface area contributed by atoms with Crippen molar-refractivity contribution < 1.29 is 34.4 Å². The molecule has 8 nitrogen and oxygen atoms in total. The molecule has 0 aliphatic carbocycles. The van der Waals surface area contributed by atoms with Crippen molar-refractivity contribution in [3.05, 3.63) is 51.5 Å². The molecule has 172 valence electrons. The summed E-state index contributed by atoms with van der Waals surface area (Å²) in [7, 11) is 0. The number of nitrogens with zero attached hydrogens (tertiary/aromatic N) is 1. The average molecular weight is 596 g/mol. The summed E-state index contributed by atoms with van der Waals surface area (Å²) in [6, 6.07) is 6.15. The van der Waals surface area contributed by atoms with Crippen molar-refractivity contribution >= 4 is 63.9 Å². The quantitative estimate of drug-likeness (QED) is 0.267. The number of carbonyl (C=O) groups excluding carboxylic acids is 1. The Morgan fingerprint density at radius 1 is 1.09 bits per heavy atom. The molecule has 2 rings (SSSR count). The summed E-state index contributed by atoms with van der Waals surface area (Å²) in [5, 5.41) is 28.3. The lowest BCUT2D eigenvalue weighted by molar-refractivity contribution is -0.149. The fraction of sp³-hybridized carbons (Fsp3) is 0.286. The highest BCUT2D eigenvalue weighted by atomic mass is 127. The Hall–Kier alpha value is -2.24. The zero-order valence-electron chi connectivity index (χ0n) is 17.0. The number of benzene rings is 2. The number of hydrogen-bond acceptors (Lipinski definition) is 5. The highest BCUT2D eigenvalue weighted by Crippen LogP contribution is 2.39. The van der Waals surface area contributed by atoms with Crippen molar-refractivity contribution in [3.63, 3.8) is 0 Å². The van der Waals surface area contributed by atoms with Gasteiger partial charge in [-0.1, -0.05) is 37.0 Å². The molecular weight excluding hydrogens is 576 g/mol. The normalized spacial score (nSPS) is 11.8. The third-order valence-electron chi connectivity index (χ3n) is 4.42. The highest BCUT2D eigenvalue weighted by molar-refractivity contribution is 14.1. The van der Waals surface area contributed by atoms with Gasteiger partial charge in [-0.3, -0.25) is 12.7 Å². The van der Waals surface area contributed by atoms with E-state index in [9.17, 15) is 24.6 Å². The number of carboxylic acid groups (broad SMARTS) is 2. The number of aromatic hydroxyl groups is 1. The van der Waals surface area contributed by atoms with E-state index >= 15 is 0 Å². The Kier molecular flexibility index (Phi) is 8.99. The van der Waals surface area contributed by atoms with Crippen LogP contribution in [-0.2, 0) is 20.8 Å². The van der Waals surface area contributed by atoms with Gasteiger partial charge in [0.15, 0.2) is 5.75 Å². The Labute approximate surface area is 208 Å². The lowest BCUT2D eigenvalue weighted by Crippen LogP contribution is -2.40. The van der Waals surface area contributed by atoms with Gasteiger partial charge < -0.3 is 20.1 Å². The number of hydrogen-bond donors (Lipinski definition) is 3. The van der Waals surface area contributed by atoms with E-state index in [1.54, 1.807) is 12.1 Å². The van der Waals surface area contributed by atoms with Crippen LogP contribution in [0.3, 0.4) is 0 Å². The first-order chi connectivity index (χ1) is 14.9. The minimum Gasteiger partial charge on any atom is -0.508 e. The first-order valence-corrected chi connectivity index (χ1v) is 11.0. The van der Waals surface area contributed by atoms with Crippen molar-refractivity contribution in [1.29, 1.82) is 0 Å². The zero-order valence-corrected chi connectivity index (χ0v) is 20.7. The molecule has 0 spiro atoms. The topological polar surface area (TPSA) is 124 Å². The fourth-order valence-electron chi connectivity index (χ4n) is 2.84. The number of carboxylic acids is 2. The summed E-state index contributed by atoms with van der Waals surface area (Å²) in [4.78, 5) is 34.7. The van der Waals surface area contributed by atoms with Gasteiger partial charge in [0.2, 0.25) is 5.91 Å². The van der Waals surface area contributed by atoms with Gasteiger partial charge in [0.25, 0.3) is 0 Å². The third-order valence-corrected chi connectivity index (χ3v) is 6.19. The minimum absolute atomic E-state index is 0.0601. The fourth-order valence-corrected chi connectivity index (χ4v) is 4.06. The lowest BCUT2D eigenvalue weighted by atomic mass is 10.0. The number of phenols is 1. The van der Waals surface area contributed by atoms with Gasteiger partial charge in [-0.05, 0) is 41.8 Å². The second-order valence-electron chi connectivity index (χ2n) is 7.20. The third kappa shape index (κ3) is 6.63. The number of ether oxygens (including phenoxy) is 1. The maximum atomic E-state index is 12.5. The molecule has 0 fully saturated rings. The Bertz CT molecular complexity index is 1020. The highest BCUT2D eigenvalue weighted by Gasteiger charge is 2.30. The average Bonchev–Trinajstić information content (AvgIpc) is 2.69. The molecular formula is C21H20Cl2INO7. The van der Waals surface area contributed by atoms with Gasteiger partial charge in [0, 0.05) is 5.56 Å². The van der Waals surface area contributed by atoms with Crippen LogP contribution in [0.2, 0.25) is 10.0 Å². The van der Waals surface area contributed by atoms with E-state index in [2.05, 4.69) is 0 Å². The SMILES string of the molecule is CC(C)c1cc(Oc2c(Cl)cc(CC(=O)N(I)C(CC(=O)O)C(=O)O)cc2Cl)ccc1O. The largest absolute Gasteiger partial charge is 0.508 e. The zero-order chi connectivity index (χ0) is 24.2. The molecule has 0 aliphatic heterocycles. The van der Waals surface area contributed by atoms with E-state index in [0.717, 1.165) is 3.11 Å². The van der Waals surface area contributed by atoms with Gasteiger partial charge >= 0.3 is 11.9 Å². The predicted octanol–water partition coefficient (Wildman–Crippen LogP) is 5.26. The molecule has 1 amide bonds. The van der Waals surface area contributed by atoms with Crippen molar-refractivity contribution in [2.75, 3.05) is 0 Å². The Morgan fingerprint density at radius 2 is 1.69 bits per heavy atom. The molecule has 3 N–H and O–H groups in total. The van der Waals surface area contributed by atoms with Crippen LogP contribution in [0.15, 0.2) is 30.3 Å². The van der Waals surface area contributed by atoms with Crippen LogP contribution >= 0.6 is 46.1 Å². The maximum Gasteiger partial charge on any atom is 0.327 e. The van der Waals surface area contributed by atoms with Crippen molar-refractivity contribution in [3.8, 4) is 17.2 Å². The predicted molar refractivity (Wildman–Crippen MR) is 127 cm³/mol. The molecule has 0 radical (unpaired) electrons. The second-order valence-corrected chi connectivity index (χ2v) is 9.05. The summed E-state index contributed by atoms with van der Waals surface area (Å²) in [5.41, 5.74) is 1.08. The van der Waals surface area contributed by atoms with Gasteiger partial charge in [0.1, 0.15) is 17.5 Å². The smallest absolute Gasteiger partial charge is 0.327 e. The Morgan fingerprint density at radius 3 is 2.19 bits per heavy atom. The van der Waals surface area contributed by atoms with Gasteiger partial charge in [-0.2, -0.15) is 0 Å². The molecule has 0 aromatic heterocycles. The summed E-state index contributed by atoms with van der Waals surface area (Å²) in [6.45, 7) is 3.85. The second kappa shape index (κ2) is 11.1. The molecule has 2 aromatic rings. The number of phenolic OH excluding ortho intramolecular Hbond substituents is 1. The number of amides is 1.